The number of phenols is 1. The molecular formula is C16H10ClNO5. The fourth-order valence-corrected chi connectivity index (χ4v) is 2.53. The van der Waals surface area contributed by atoms with Crippen molar-refractivity contribution < 1.29 is 23.9 Å². The number of carbonyl (C=O) groups excluding carboxylic acids is 3. The van der Waals surface area contributed by atoms with Crippen molar-refractivity contribution in [2.75, 3.05) is 5.73 Å². The summed E-state index contributed by atoms with van der Waals surface area (Å²) in [5.41, 5.74) is 5.53. The number of fused-ring (bicyclic) bond motifs is 1. The molecule has 0 bridgehead atoms. The second kappa shape index (κ2) is 5.10. The van der Waals surface area contributed by atoms with E-state index in [4.69, 9.17) is 21.8 Å². The number of benzene rings is 1. The lowest BCUT2D eigenvalue weighted by atomic mass is 9.90. The monoisotopic (exact) mass is 331 g/mol. The van der Waals surface area contributed by atoms with E-state index in [0.29, 0.717) is 0 Å². The first kappa shape index (κ1) is 15.1. The molecule has 1 aromatic heterocycles. The van der Waals surface area contributed by atoms with Gasteiger partial charge < -0.3 is 15.3 Å². The highest BCUT2D eigenvalue weighted by molar-refractivity contribution is 6.61. The topological polar surface area (TPSA) is 111 Å². The van der Waals surface area contributed by atoms with Gasteiger partial charge in [0.15, 0.2) is 11.5 Å². The van der Waals surface area contributed by atoms with Crippen molar-refractivity contribution in [2.24, 2.45) is 0 Å². The van der Waals surface area contributed by atoms with Crippen molar-refractivity contribution >= 4 is 39.7 Å². The Labute approximate surface area is 135 Å². The molecule has 0 atom stereocenters. The van der Waals surface area contributed by atoms with Crippen LogP contribution >= 0.6 is 11.6 Å². The van der Waals surface area contributed by atoms with Crippen LogP contribution in [0, 0.1) is 0 Å². The molecule has 2 aromatic rings. The van der Waals surface area contributed by atoms with Gasteiger partial charge in [0.25, 0.3) is 0 Å². The Morgan fingerprint density at radius 3 is 2.61 bits per heavy atom. The number of hydrogen-bond acceptors (Lipinski definition) is 6. The number of hydrogen-bond donors (Lipinski definition) is 2. The van der Waals surface area contributed by atoms with Gasteiger partial charge in [-0.2, -0.15) is 0 Å². The Balaban J connectivity index is 2.15. The second-order valence-electron chi connectivity index (χ2n) is 5.05. The van der Waals surface area contributed by atoms with E-state index in [2.05, 4.69) is 0 Å². The van der Waals surface area contributed by atoms with Crippen molar-refractivity contribution in [3.05, 3.63) is 52.5 Å². The van der Waals surface area contributed by atoms with E-state index in [9.17, 15) is 19.5 Å². The van der Waals surface area contributed by atoms with Gasteiger partial charge in [-0.3, -0.25) is 14.4 Å². The van der Waals surface area contributed by atoms with E-state index in [1.54, 1.807) is 0 Å². The lowest BCUT2D eigenvalue weighted by Gasteiger charge is -2.11. The van der Waals surface area contributed by atoms with Crippen molar-refractivity contribution in [2.45, 2.75) is 6.92 Å². The Hall–Kier alpha value is -2.86. The van der Waals surface area contributed by atoms with Gasteiger partial charge in [-0.15, -0.1) is 0 Å². The molecule has 0 saturated carbocycles. The first-order valence-corrected chi connectivity index (χ1v) is 6.91. The van der Waals surface area contributed by atoms with Crippen LogP contribution in [0.5, 0.6) is 5.75 Å². The molecule has 0 unspecified atom stereocenters. The van der Waals surface area contributed by atoms with Gasteiger partial charge in [-0.25, -0.2) is 0 Å². The molecule has 1 aromatic carbocycles. The summed E-state index contributed by atoms with van der Waals surface area (Å²) in [4.78, 5) is 36.6. The second-order valence-corrected chi connectivity index (χ2v) is 5.43. The predicted molar refractivity (Wildman–Crippen MR) is 82.4 cm³/mol. The molecule has 116 valence electrons. The molecule has 0 aliphatic heterocycles. The van der Waals surface area contributed by atoms with Crippen LogP contribution in [-0.4, -0.2) is 22.5 Å². The fraction of sp³-hybridized carbons (Fsp3) is 0.0625. The first-order chi connectivity index (χ1) is 10.8. The van der Waals surface area contributed by atoms with Gasteiger partial charge in [-0.1, -0.05) is 11.6 Å². The van der Waals surface area contributed by atoms with Crippen LogP contribution in [0.25, 0.3) is 5.03 Å². The number of aromatic hydroxyl groups is 1. The van der Waals surface area contributed by atoms with Crippen LogP contribution in [0.4, 0.5) is 5.69 Å². The van der Waals surface area contributed by atoms with Gasteiger partial charge in [0.1, 0.15) is 12.0 Å². The highest BCUT2D eigenvalue weighted by Gasteiger charge is 2.36. The minimum Gasteiger partial charge on any atom is -0.506 e. The molecule has 3 rings (SSSR count). The predicted octanol–water partition coefficient (Wildman–Crippen LogP) is 2.53. The number of furan rings is 1. The molecule has 1 aliphatic rings. The molecule has 23 heavy (non-hydrogen) atoms. The van der Waals surface area contributed by atoms with Gasteiger partial charge in [0.2, 0.25) is 11.6 Å². The van der Waals surface area contributed by atoms with Crippen molar-refractivity contribution in [3.63, 3.8) is 0 Å². The normalized spacial score (nSPS) is 14.2. The van der Waals surface area contributed by atoms with E-state index in [-0.39, 0.29) is 44.5 Å². The summed E-state index contributed by atoms with van der Waals surface area (Å²) in [6.45, 7) is 1.41. The maximum Gasteiger partial charge on any atom is 0.237 e. The highest BCUT2D eigenvalue weighted by atomic mass is 35.5. The van der Waals surface area contributed by atoms with Crippen LogP contribution < -0.4 is 5.73 Å². The number of nitrogens with two attached hydrogens (primary N) is 1. The minimum absolute atomic E-state index is 0.00298. The third-order valence-electron chi connectivity index (χ3n) is 3.63. The summed E-state index contributed by atoms with van der Waals surface area (Å²) >= 11 is 6.01. The van der Waals surface area contributed by atoms with Crippen molar-refractivity contribution in [1.82, 2.24) is 0 Å². The number of nitrogen functional groups attached to an aromatic ring is 1. The quantitative estimate of drug-likeness (QED) is 0.378. The van der Waals surface area contributed by atoms with E-state index in [1.165, 1.54) is 25.1 Å². The summed E-state index contributed by atoms with van der Waals surface area (Å²) < 4.78 is 5.21. The summed E-state index contributed by atoms with van der Waals surface area (Å²) in [6, 6.07) is 3.93. The van der Waals surface area contributed by atoms with Crippen molar-refractivity contribution in [1.29, 1.82) is 0 Å². The minimum atomic E-state index is -0.848. The molecule has 0 fully saturated rings. The third-order valence-corrected chi connectivity index (χ3v) is 4.09. The molecule has 3 N–H and O–H groups in total. The standard InChI is InChI=1S/C16H10ClNO5/c1-6-12(17)16-11(15(22)13(6)20)8(5-23-16)14(21)7-2-3-9(18)10(19)4-7/h2-5,19H,18H2,1H3. The number of anilines is 1. The lowest BCUT2D eigenvalue weighted by Crippen LogP contribution is -2.23. The zero-order chi connectivity index (χ0) is 16.9. The van der Waals surface area contributed by atoms with E-state index >= 15 is 0 Å². The van der Waals surface area contributed by atoms with Gasteiger partial charge in [0, 0.05) is 11.1 Å². The zero-order valence-electron chi connectivity index (χ0n) is 11.8. The SMILES string of the molecule is CC1=C(Cl)c2occ(C(=O)c3ccc(N)c(O)c3)c2C(=O)C1=O. The molecule has 1 heterocycles. The van der Waals surface area contributed by atoms with Gasteiger partial charge >= 0.3 is 0 Å². The maximum atomic E-state index is 12.5. The van der Waals surface area contributed by atoms with Crippen LogP contribution in [0.3, 0.4) is 0 Å². The Bertz CT molecular complexity index is 923. The van der Waals surface area contributed by atoms with Crippen LogP contribution in [0.15, 0.2) is 34.5 Å². The lowest BCUT2D eigenvalue weighted by molar-refractivity contribution is -0.111. The molecular weight excluding hydrogens is 322 g/mol. The van der Waals surface area contributed by atoms with Gasteiger partial charge in [-0.05, 0) is 25.1 Å². The number of phenolic OH excluding ortho intramolecular Hbond substituents is 1. The molecule has 0 spiro atoms. The fourth-order valence-electron chi connectivity index (χ4n) is 2.31. The Kier molecular flexibility index (Phi) is 3.34. The van der Waals surface area contributed by atoms with E-state index in [1.807, 2.05) is 0 Å². The van der Waals surface area contributed by atoms with E-state index < -0.39 is 17.3 Å². The molecule has 1 aliphatic carbocycles. The molecule has 0 saturated heterocycles. The van der Waals surface area contributed by atoms with Crippen molar-refractivity contribution in [3.8, 4) is 5.75 Å². The molecule has 0 amide bonds. The number of halogens is 1. The number of carbonyl (C=O) groups is 3. The zero-order valence-corrected chi connectivity index (χ0v) is 12.6. The number of ketones is 3. The average Bonchev–Trinajstić information content (AvgIpc) is 2.97. The molecule has 7 heteroatoms. The third kappa shape index (κ3) is 2.15. The van der Waals surface area contributed by atoms with Crippen LogP contribution in [-0.2, 0) is 4.79 Å². The smallest absolute Gasteiger partial charge is 0.237 e. The van der Waals surface area contributed by atoms with Gasteiger partial charge in [0.05, 0.1) is 21.8 Å². The molecule has 6 nitrogen and oxygen atoms in total. The summed E-state index contributed by atoms with van der Waals surface area (Å²) in [7, 11) is 0. The molecule has 0 radical (unpaired) electrons. The summed E-state index contributed by atoms with van der Waals surface area (Å²) in [5, 5.41) is 9.61. The summed E-state index contributed by atoms with van der Waals surface area (Å²) in [5.74, 6) is -2.48. The largest absolute Gasteiger partial charge is 0.506 e. The number of allylic oxidation sites excluding steroid dienone is 1. The summed E-state index contributed by atoms with van der Waals surface area (Å²) in [6.07, 6.45) is 1.08. The number of Topliss-reactive ketones (excluding diaryl/α,β-unsaturated/α-hetero) is 2. The van der Waals surface area contributed by atoms with E-state index in [0.717, 1.165) is 6.26 Å². The first-order valence-electron chi connectivity index (χ1n) is 6.53. The Morgan fingerprint density at radius 2 is 1.96 bits per heavy atom. The maximum absolute atomic E-state index is 12.5. The number of rotatable bonds is 2. The van der Waals surface area contributed by atoms with Crippen LogP contribution in [0.2, 0.25) is 0 Å². The Morgan fingerprint density at radius 1 is 1.26 bits per heavy atom. The van der Waals surface area contributed by atoms with Crippen LogP contribution in [0.1, 0.15) is 39.0 Å². The highest BCUT2D eigenvalue weighted by Crippen LogP contribution is 2.36. The average molecular weight is 332 g/mol.